The molecule has 0 amide bonds. The number of ether oxygens (including phenoxy) is 1. The Hall–Kier alpha value is -1.85. The van der Waals surface area contributed by atoms with Crippen LogP contribution in [0.5, 0.6) is 0 Å². The number of hydrogen-bond acceptors (Lipinski definition) is 4. The smallest absolute Gasteiger partial charge is 0.311 e. The monoisotopic (exact) mass is 356 g/mol. The predicted octanol–water partition coefficient (Wildman–Crippen LogP) is 2.59. The van der Waals surface area contributed by atoms with Crippen LogP contribution < -0.4 is 0 Å². The van der Waals surface area contributed by atoms with Gasteiger partial charge in [-0.15, -0.1) is 0 Å². The predicted molar refractivity (Wildman–Crippen MR) is 101 cm³/mol. The fourth-order valence-corrected chi connectivity index (χ4v) is 5.04. The molecule has 1 aromatic carbocycles. The van der Waals surface area contributed by atoms with E-state index in [2.05, 4.69) is 40.3 Å². The Morgan fingerprint density at radius 3 is 3.00 bits per heavy atom. The van der Waals surface area contributed by atoms with Crippen molar-refractivity contribution in [1.29, 1.82) is 0 Å². The van der Waals surface area contributed by atoms with Crippen LogP contribution in [-0.4, -0.2) is 53.8 Å². The summed E-state index contributed by atoms with van der Waals surface area (Å²) in [6.45, 7) is 3.05. The van der Waals surface area contributed by atoms with E-state index in [1.807, 2.05) is 0 Å². The molecule has 2 aromatic rings. The van der Waals surface area contributed by atoms with Crippen molar-refractivity contribution in [2.75, 3.05) is 26.7 Å². The number of likely N-dealkylation sites (tertiary alicyclic amines) is 1. The van der Waals surface area contributed by atoms with Crippen molar-refractivity contribution in [3.8, 4) is 0 Å². The summed E-state index contributed by atoms with van der Waals surface area (Å²) in [5, 5.41) is 11.6. The maximum atomic E-state index is 12.1. The van der Waals surface area contributed by atoms with Gasteiger partial charge in [-0.2, -0.15) is 0 Å². The van der Waals surface area contributed by atoms with Crippen molar-refractivity contribution in [3.63, 3.8) is 0 Å². The molecule has 2 fully saturated rings. The molecular formula is C21H28N2O3. The Labute approximate surface area is 154 Å². The van der Waals surface area contributed by atoms with Crippen molar-refractivity contribution in [1.82, 2.24) is 9.88 Å². The molecule has 4 rings (SSSR count). The van der Waals surface area contributed by atoms with Gasteiger partial charge in [0.2, 0.25) is 0 Å². The number of rotatable bonds is 4. The van der Waals surface area contributed by atoms with E-state index in [0.29, 0.717) is 12.3 Å². The second-order valence-corrected chi connectivity index (χ2v) is 7.82. The fourth-order valence-electron chi connectivity index (χ4n) is 5.04. The zero-order valence-electron chi connectivity index (χ0n) is 15.4. The summed E-state index contributed by atoms with van der Waals surface area (Å²) in [4.78, 5) is 18.0. The van der Waals surface area contributed by atoms with Crippen LogP contribution in [-0.2, 0) is 16.0 Å². The van der Waals surface area contributed by atoms with Crippen molar-refractivity contribution < 1.29 is 14.6 Å². The van der Waals surface area contributed by atoms with Gasteiger partial charge in [-0.25, -0.2) is 0 Å². The van der Waals surface area contributed by atoms with Crippen LogP contribution in [0.1, 0.15) is 24.8 Å². The van der Waals surface area contributed by atoms with E-state index in [1.165, 1.54) is 23.6 Å². The summed E-state index contributed by atoms with van der Waals surface area (Å²) in [5.74, 6) is 0.170. The van der Waals surface area contributed by atoms with Crippen LogP contribution in [0.15, 0.2) is 30.5 Å². The van der Waals surface area contributed by atoms with Gasteiger partial charge < -0.3 is 19.7 Å². The molecule has 5 nitrogen and oxygen atoms in total. The molecule has 0 bridgehead atoms. The van der Waals surface area contributed by atoms with Crippen LogP contribution in [0.25, 0.3) is 10.9 Å². The van der Waals surface area contributed by atoms with Gasteiger partial charge in [0.25, 0.3) is 0 Å². The van der Waals surface area contributed by atoms with E-state index in [9.17, 15) is 9.90 Å². The first kappa shape index (κ1) is 17.6. The topological polar surface area (TPSA) is 65.6 Å². The number of aliphatic hydroxyl groups excluding tert-OH is 1. The van der Waals surface area contributed by atoms with Crippen molar-refractivity contribution in [3.05, 3.63) is 36.0 Å². The maximum Gasteiger partial charge on any atom is 0.311 e. The number of aromatic amines is 1. The zero-order chi connectivity index (χ0) is 18.1. The maximum absolute atomic E-state index is 12.1. The first-order chi connectivity index (χ1) is 12.7. The van der Waals surface area contributed by atoms with Gasteiger partial charge in [-0.05, 0) is 55.7 Å². The largest absolute Gasteiger partial charge is 0.469 e. The highest BCUT2D eigenvalue weighted by molar-refractivity contribution is 5.83. The Morgan fingerprint density at radius 2 is 2.15 bits per heavy atom. The molecule has 0 radical (unpaired) electrons. The summed E-state index contributed by atoms with van der Waals surface area (Å²) in [7, 11) is 1.43. The van der Waals surface area contributed by atoms with Crippen molar-refractivity contribution in [2.24, 2.45) is 17.8 Å². The van der Waals surface area contributed by atoms with Gasteiger partial charge in [0, 0.05) is 30.2 Å². The number of H-pyrrole nitrogens is 1. The highest BCUT2D eigenvalue weighted by Crippen LogP contribution is 2.41. The molecule has 4 atom stereocenters. The minimum atomic E-state index is -0.540. The van der Waals surface area contributed by atoms with Crippen LogP contribution in [0.4, 0.5) is 0 Å². The Bertz CT molecular complexity index is 771. The first-order valence-electron chi connectivity index (χ1n) is 9.70. The van der Waals surface area contributed by atoms with Crippen molar-refractivity contribution in [2.45, 2.75) is 31.8 Å². The number of para-hydroxylation sites is 1. The molecule has 2 heterocycles. The summed E-state index contributed by atoms with van der Waals surface area (Å²) in [5.41, 5.74) is 2.57. The number of fused-ring (bicyclic) bond motifs is 2. The third-order valence-corrected chi connectivity index (χ3v) is 6.43. The number of carbonyl (C=O) groups excluding carboxylic acids is 1. The zero-order valence-corrected chi connectivity index (χ0v) is 15.4. The lowest BCUT2D eigenvalue weighted by Gasteiger charge is -2.46. The summed E-state index contributed by atoms with van der Waals surface area (Å²) < 4.78 is 4.96. The summed E-state index contributed by atoms with van der Waals surface area (Å²) in [6.07, 6.45) is 5.29. The number of piperidine rings is 1. The third-order valence-electron chi connectivity index (χ3n) is 6.43. The van der Waals surface area contributed by atoms with Crippen molar-refractivity contribution >= 4 is 16.9 Å². The Morgan fingerprint density at radius 1 is 1.31 bits per heavy atom. The lowest BCUT2D eigenvalue weighted by Crippen LogP contribution is -2.51. The van der Waals surface area contributed by atoms with E-state index in [0.717, 1.165) is 38.9 Å². The summed E-state index contributed by atoms with van der Waals surface area (Å²) >= 11 is 0. The van der Waals surface area contributed by atoms with Gasteiger partial charge in [0.05, 0.1) is 19.1 Å². The standard InChI is InChI=1S/C21H28N2O3/c1-26-21(25)20-17-9-11-23(13-15(17)6-7-19(20)24)10-8-14-12-22-18-5-3-2-4-16(14)18/h2-5,12,15,17,19-20,22,24H,6-11,13H2,1H3/t15-,17-,19-,20+/m0/s1. The number of nitrogens with zero attached hydrogens (tertiary/aromatic N) is 1. The van der Waals surface area contributed by atoms with Gasteiger partial charge in [-0.1, -0.05) is 18.2 Å². The van der Waals surface area contributed by atoms with Gasteiger partial charge in [-0.3, -0.25) is 4.79 Å². The lowest BCUT2D eigenvalue weighted by molar-refractivity contribution is -0.158. The highest BCUT2D eigenvalue weighted by Gasteiger charge is 2.45. The van der Waals surface area contributed by atoms with E-state index in [-0.39, 0.29) is 17.8 Å². The van der Waals surface area contributed by atoms with Gasteiger partial charge in [0.15, 0.2) is 0 Å². The lowest BCUT2D eigenvalue weighted by atomic mass is 9.67. The molecule has 1 aliphatic carbocycles. The minimum absolute atomic E-state index is 0.237. The third kappa shape index (κ3) is 3.26. The number of methoxy groups -OCH3 is 1. The Balaban J connectivity index is 1.39. The van der Waals surface area contributed by atoms with Crippen LogP contribution in [0, 0.1) is 17.8 Å². The number of benzene rings is 1. The molecule has 140 valence electrons. The van der Waals surface area contributed by atoms with Crippen LogP contribution in [0.3, 0.4) is 0 Å². The molecule has 1 saturated carbocycles. The quantitative estimate of drug-likeness (QED) is 0.827. The number of esters is 1. The average molecular weight is 356 g/mol. The SMILES string of the molecule is COC(=O)[C@@H]1[C@H]2CCN(CCc3c[nH]c4ccccc34)C[C@@H]2CC[C@@H]1O. The molecule has 0 unspecified atom stereocenters. The van der Waals surface area contributed by atoms with Gasteiger partial charge in [0.1, 0.15) is 0 Å². The highest BCUT2D eigenvalue weighted by atomic mass is 16.5. The minimum Gasteiger partial charge on any atom is -0.469 e. The number of aromatic nitrogens is 1. The molecule has 26 heavy (non-hydrogen) atoms. The second-order valence-electron chi connectivity index (χ2n) is 7.82. The molecule has 1 aromatic heterocycles. The molecule has 5 heteroatoms. The number of nitrogens with one attached hydrogen (secondary N) is 1. The second kappa shape index (κ2) is 7.41. The average Bonchev–Trinajstić information content (AvgIpc) is 3.09. The van der Waals surface area contributed by atoms with E-state index < -0.39 is 6.10 Å². The molecular weight excluding hydrogens is 328 g/mol. The summed E-state index contributed by atoms with van der Waals surface area (Å²) in [6, 6.07) is 8.44. The molecule has 2 N–H and O–H groups in total. The van der Waals surface area contributed by atoms with Gasteiger partial charge >= 0.3 is 5.97 Å². The molecule has 2 aliphatic rings. The molecule has 0 spiro atoms. The first-order valence-corrected chi connectivity index (χ1v) is 9.70. The molecule has 1 saturated heterocycles. The van der Waals surface area contributed by atoms with E-state index in [1.54, 1.807) is 0 Å². The Kier molecular flexibility index (Phi) is 5.00. The van der Waals surface area contributed by atoms with Crippen LogP contribution in [0.2, 0.25) is 0 Å². The van der Waals surface area contributed by atoms with E-state index >= 15 is 0 Å². The number of aliphatic hydroxyl groups is 1. The van der Waals surface area contributed by atoms with E-state index in [4.69, 9.17) is 4.74 Å². The number of carbonyl (C=O) groups is 1. The fraction of sp³-hybridized carbons (Fsp3) is 0.571. The number of hydrogen-bond donors (Lipinski definition) is 2. The molecule has 1 aliphatic heterocycles. The van der Waals surface area contributed by atoms with Crippen LogP contribution >= 0.6 is 0 Å². The normalized spacial score (nSPS) is 29.5.